The molecule has 0 amide bonds. The Morgan fingerprint density at radius 3 is 2.70 bits per heavy atom. The third-order valence-corrected chi connectivity index (χ3v) is 3.39. The topological polar surface area (TPSA) is 69.6 Å². The Labute approximate surface area is 121 Å². The maximum atomic E-state index is 5.90. The van der Waals surface area contributed by atoms with E-state index in [1.54, 1.807) is 10.9 Å². The fourth-order valence-corrected chi connectivity index (χ4v) is 2.42. The van der Waals surface area contributed by atoms with Crippen molar-refractivity contribution in [1.29, 1.82) is 0 Å². The van der Waals surface area contributed by atoms with Crippen LogP contribution in [0.5, 0.6) is 0 Å². The molecular formula is C14H14ClN5. The molecule has 0 spiro atoms. The van der Waals surface area contributed by atoms with Gasteiger partial charge in [0, 0.05) is 0 Å². The third kappa shape index (κ3) is 2.00. The number of anilines is 1. The van der Waals surface area contributed by atoms with Gasteiger partial charge >= 0.3 is 0 Å². The van der Waals surface area contributed by atoms with E-state index in [1.165, 1.54) is 5.56 Å². The van der Waals surface area contributed by atoms with Crippen molar-refractivity contribution in [1.82, 2.24) is 19.7 Å². The van der Waals surface area contributed by atoms with Crippen LogP contribution in [0.1, 0.15) is 25.3 Å². The smallest absolute Gasteiger partial charge is 0.226 e. The van der Waals surface area contributed by atoms with Gasteiger partial charge in [0.2, 0.25) is 5.28 Å². The number of rotatable bonds is 2. The van der Waals surface area contributed by atoms with Crippen LogP contribution in [0.4, 0.5) is 5.82 Å². The van der Waals surface area contributed by atoms with Crippen LogP contribution < -0.4 is 5.73 Å². The number of halogens is 1. The van der Waals surface area contributed by atoms with Crippen LogP contribution in [0.25, 0.3) is 16.7 Å². The molecule has 2 N–H and O–H groups in total. The van der Waals surface area contributed by atoms with E-state index in [2.05, 4.69) is 35.0 Å². The minimum absolute atomic E-state index is 0.124. The van der Waals surface area contributed by atoms with Crippen molar-refractivity contribution in [3.8, 4) is 5.69 Å². The maximum Gasteiger partial charge on any atom is 0.226 e. The van der Waals surface area contributed by atoms with Crippen LogP contribution in [0.3, 0.4) is 0 Å². The van der Waals surface area contributed by atoms with Crippen molar-refractivity contribution in [2.75, 3.05) is 5.73 Å². The number of nitrogens with two attached hydrogens (primary N) is 1. The molecule has 0 aliphatic rings. The Balaban J connectivity index is 2.31. The van der Waals surface area contributed by atoms with E-state index in [0.717, 1.165) is 5.69 Å². The second-order valence-electron chi connectivity index (χ2n) is 4.89. The molecule has 0 aliphatic carbocycles. The lowest BCUT2D eigenvalue weighted by Crippen LogP contribution is -2.04. The number of hydrogen-bond donors (Lipinski definition) is 1. The summed E-state index contributed by atoms with van der Waals surface area (Å²) >= 11 is 5.90. The van der Waals surface area contributed by atoms with E-state index < -0.39 is 0 Å². The molecule has 102 valence electrons. The summed E-state index contributed by atoms with van der Waals surface area (Å²) in [4.78, 5) is 8.19. The zero-order valence-electron chi connectivity index (χ0n) is 11.2. The molecule has 3 rings (SSSR count). The SMILES string of the molecule is CC(C)c1ccccc1-n1ncc2c(N)nc(Cl)nc21. The largest absolute Gasteiger partial charge is 0.383 e. The summed E-state index contributed by atoms with van der Waals surface area (Å²) in [6, 6.07) is 8.08. The van der Waals surface area contributed by atoms with Crippen molar-refractivity contribution in [3.05, 3.63) is 41.3 Å². The average molecular weight is 288 g/mol. The van der Waals surface area contributed by atoms with Gasteiger partial charge in [-0.15, -0.1) is 0 Å². The molecule has 0 aliphatic heterocycles. The first-order chi connectivity index (χ1) is 9.58. The molecule has 6 heteroatoms. The molecule has 2 heterocycles. The van der Waals surface area contributed by atoms with Crippen LogP contribution in [0, 0.1) is 0 Å². The normalized spacial score (nSPS) is 11.4. The van der Waals surface area contributed by atoms with Gasteiger partial charge in [0.05, 0.1) is 17.3 Å². The molecule has 0 fully saturated rings. The van der Waals surface area contributed by atoms with Gasteiger partial charge in [-0.1, -0.05) is 32.0 Å². The van der Waals surface area contributed by atoms with Crippen LogP contribution in [-0.2, 0) is 0 Å². The highest BCUT2D eigenvalue weighted by atomic mass is 35.5. The molecule has 0 bridgehead atoms. The molecule has 5 nitrogen and oxygen atoms in total. The second-order valence-corrected chi connectivity index (χ2v) is 5.22. The molecule has 1 aromatic carbocycles. The maximum absolute atomic E-state index is 5.90. The van der Waals surface area contributed by atoms with Gasteiger partial charge in [-0.3, -0.25) is 0 Å². The van der Waals surface area contributed by atoms with Crippen molar-refractivity contribution in [3.63, 3.8) is 0 Å². The average Bonchev–Trinajstić information content (AvgIpc) is 2.82. The highest BCUT2D eigenvalue weighted by Gasteiger charge is 2.14. The Morgan fingerprint density at radius 1 is 1.20 bits per heavy atom. The first kappa shape index (κ1) is 12.9. The van der Waals surface area contributed by atoms with Crippen LogP contribution in [0.2, 0.25) is 5.28 Å². The van der Waals surface area contributed by atoms with Crippen molar-refractivity contribution in [2.45, 2.75) is 19.8 Å². The second kappa shape index (κ2) is 4.76. The first-order valence-electron chi connectivity index (χ1n) is 6.34. The fourth-order valence-electron chi connectivity index (χ4n) is 2.25. The zero-order valence-corrected chi connectivity index (χ0v) is 12.0. The van der Waals surface area contributed by atoms with Gasteiger partial charge in [-0.2, -0.15) is 10.1 Å². The van der Waals surface area contributed by atoms with E-state index in [4.69, 9.17) is 17.3 Å². The lowest BCUT2D eigenvalue weighted by atomic mass is 10.0. The molecule has 20 heavy (non-hydrogen) atoms. The lowest BCUT2D eigenvalue weighted by Gasteiger charge is -2.12. The quantitative estimate of drug-likeness (QED) is 0.735. The number of para-hydroxylation sites is 1. The Kier molecular flexibility index (Phi) is 3.06. The van der Waals surface area contributed by atoms with E-state index in [0.29, 0.717) is 22.8 Å². The summed E-state index contributed by atoms with van der Waals surface area (Å²) in [7, 11) is 0. The van der Waals surface area contributed by atoms with Gasteiger partial charge in [0.25, 0.3) is 0 Å². The van der Waals surface area contributed by atoms with Gasteiger partial charge in [-0.25, -0.2) is 9.67 Å². The van der Waals surface area contributed by atoms with E-state index >= 15 is 0 Å². The molecule has 0 saturated heterocycles. The molecule has 0 saturated carbocycles. The van der Waals surface area contributed by atoms with Crippen LogP contribution in [-0.4, -0.2) is 19.7 Å². The predicted molar refractivity (Wildman–Crippen MR) is 80.2 cm³/mol. The molecule has 0 radical (unpaired) electrons. The summed E-state index contributed by atoms with van der Waals surface area (Å²) < 4.78 is 1.76. The van der Waals surface area contributed by atoms with Gasteiger partial charge in [-0.05, 0) is 29.1 Å². The number of fused-ring (bicyclic) bond motifs is 1. The Bertz CT molecular complexity index is 778. The number of nitrogen functional groups attached to an aromatic ring is 1. The summed E-state index contributed by atoms with van der Waals surface area (Å²) in [6.45, 7) is 4.28. The van der Waals surface area contributed by atoms with Crippen molar-refractivity contribution in [2.24, 2.45) is 0 Å². The third-order valence-electron chi connectivity index (χ3n) is 3.22. The number of aromatic nitrogens is 4. The molecule has 0 unspecified atom stereocenters. The number of hydrogen-bond acceptors (Lipinski definition) is 4. The molecule has 3 aromatic rings. The Morgan fingerprint density at radius 2 is 1.95 bits per heavy atom. The minimum Gasteiger partial charge on any atom is -0.383 e. The van der Waals surface area contributed by atoms with Crippen molar-refractivity contribution < 1.29 is 0 Å². The first-order valence-corrected chi connectivity index (χ1v) is 6.71. The summed E-state index contributed by atoms with van der Waals surface area (Å²) in [5, 5.41) is 5.21. The summed E-state index contributed by atoms with van der Waals surface area (Å²) in [5.41, 5.74) is 8.64. The fraction of sp³-hybridized carbons (Fsp3) is 0.214. The van der Waals surface area contributed by atoms with Gasteiger partial charge < -0.3 is 5.73 Å². The van der Waals surface area contributed by atoms with Gasteiger partial charge in [0.15, 0.2) is 5.65 Å². The van der Waals surface area contributed by atoms with Crippen molar-refractivity contribution >= 4 is 28.5 Å². The van der Waals surface area contributed by atoms with Crippen LogP contribution >= 0.6 is 11.6 Å². The van der Waals surface area contributed by atoms with E-state index in [9.17, 15) is 0 Å². The zero-order chi connectivity index (χ0) is 14.3. The molecule has 0 atom stereocenters. The highest BCUT2D eigenvalue weighted by molar-refractivity contribution is 6.28. The predicted octanol–water partition coefficient (Wildman–Crippen LogP) is 3.17. The summed E-state index contributed by atoms with van der Waals surface area (Å²) in [6.07, 6.45) is 1.66. The Hall–Kier alpha value is -2.14. The number of nitrogens with zero attached hydrogens (tertiary/aromatic N) is 4. The standard InChI is InChI=1S/C14H14ClN5/c1-8(2)9-5-3-4-6-11(9)20-13-10(7-17-20)12(16)18-14(15)19-13/h3-8H,1-2H3,(H2,16,18,19). The lowest BCUT2D eigenvalue weighted by molar-refractivity contribution is 0.816. The van der Waals surface area contributed by atoms with E-state index in [-0.39, 0.29) is 5.28 Å². The van der Waals surface area contributed by atoms with Gasteiger partial charge in [0.1, 0.15) is 5.82 Å². The highest BCUT2D eigenvalue weighted by Crippen LogP contribution is 2.27. The monoisotopic (exact) mass is 287 g/mol. The van der Waals surface area contributed by atoms with E-state index in [1.807, 2.05) is 18.2 Å². The molecule has 2 aromatic heterocycles. The minimum atomic E-state index is 0.124. The molecular weight excluding hydrogens is 274 g/mol. The van der Waals surface area contributed by atoms with Crippen LogP contribution in [0.15, 0.2) is 30.5 Å². The number of benzene rings is 1. The summed E-state index contributed by atoms with van der Waals surface area (Å²) in [5.74, 6) is 0.716.